The molecule has 172 valence electrons. The second kappa shape index (κ2) is 8.71. The van der Waals surface area contributed by atoms with Gasteiger partial charge in [0.1, 0.15) is 22.3 Å². The number of hydrogen-bond donors (Lipinski definition) is 1. The van der Waals surface area contributed by atoms with Crippen LogP contribution in [0.1, 0.15) is 34.3 Å². The van der Waals surface area contributed by atoms with Gasteiger partial charge in [-0.3, -0.25) is 14.3 Å². The van der Waals surface area contributed by atoms with Crippen LogP contribution in [0, 0.1) is 13.8 Å². The van der Waals surface area contributed by atoms with Gasteiger partial charge in [0.2, 0.25) is 5.91 Å². The van der Waals surface area contributed by atoms with Crippen LogP contribution in [0.5, 0.6) is 5.75 Å². The van der Waals surface area contributed by atoms with Gasteiger partial charge in [-0.15, -0.1) is 21.5 Å². The molecule has 0 spiro atoms. The summed E-state index contributed by atoms with van der Waals surface area (Å²) in [5.74, 6) is 1.98. The first-order valence-electron chi connectivity index (χ1n) is 10.7. The predicted octanol–water partition coefficient (Wildman–Crippen LogP) is 4.08. The fourth-order valence-corrected chi connectivity index (χ4v) is 4.93. The number of thiophene rings is 1. The highest BCUT2D eigenvalue weighted by molar-refractivity contribution is 7.15. The molecule has 1 amide bonds. The fourth-order valence-electron chi connectivity index (χ4n) is 3.88. The van der Waals surface area contributed by atoms with Crippen LogP contribution in [0.15, 0.2) is 53.9 Å². The first-order chi connectivity index (χ1) is 16.4. The second-order valence-electron chi connectivity index (χ2n) is 7.96. The van der Waals surface area contributed by atoms with Gasteiger partial charge in [0.25, 0.3) is 5.95 Å². The van der Waals surface area contributed by atoms with E-state index < -0.39 is 0 Å². The van der Waals surface area contributed by atoms with E-state index in [9.17, 15) is 4.79 Å². The minimum Gasteiger partial charge on any atom is -0.495 e. The fraction of sp³-hybridized carbons (Fsp3) is 0.208. The lowest BCUT2D eigenvalue weighted by atomic mass is 10.0. The van der Waals surface area contributed by atoms with Gasteiger partial charge >= 0.3 is 0 Å². The van der Waals surface area contributed by atoms with E-state index in [0.29, 0.717) is 18.2 Å². The van der Waals surface area contributed by atoms with Gasteiger partial charge in [0.15, 0.2) is 0 Å². The molecule has 4 heterocycles. The van der Waals surface area contributed by atoms with Crippen molar-refractivity contribution in [2.24, 2.45) is 5.10 Å². The highest BCUT2D eigenvalue weighted by atomic mass is 32.1. The molecule has 0 radical (unpaired) electrons. The number of rotatable bonds is 5. The number of methoxy groups -OCH3 is 1. The Morgan fingerprint density at radius 3 is 2.65 bits per heavy atom. The van der Waals surface area contributed by atoms with Crippen LogP contribution in [0.4, 0.5) is 11.6 Å². The van der Waals surface area contributed by atoms with E-state index in [4.69, 9.17) is 9.84 Å². The number of fused-ring (bicyclic) bond motifs is 3. The van der Waals surface area contributed by atoms with Crippen molar-refractivity contribution in [2.45, 2.75) is 27.3 Å². The van der Waals surface area contributed by atoms with E-state index in [2.05, 4.69) is 33.5 Å². The van der Waals surface area contributed by atoms with Crippen LogP contribution >= 0.6 is 11.3 Å². The molecule has 9 nitrogen and oxygen atoms in total. The van der Waals surface area contributed by atoms with E-state index in [1.54, 1.807) is 30.8 Å². The van der Waals surface area contributed by atoms with Gasteiger partial charge in [-0.25, -0.2) is 5.01 Å². The SMILES string of the molecule is COc1cncc(CN2N=C(c3ccc(NC(C)=O)cc3)c3cc(C)sc3-n3c(C)nnc32)c1. The summed E-state index contributed by atoms with van der Waals surface area (Å²) in [5, 5.41) is 19.5. The summed E-state index contributed by atoms with van der Waals surface area (Å²) in [6, 6.07) is 11.8. The highest BCUT2D eigenvalue weighted by Gasteiger charge is 2.28. The molecule has 0 atom stereocenters. The molecule has 10 heteroatoms. The lowest BCUT2D eigenvalue weighted by Crippen LogP contribution is -2.20. The third kappa shape index (κ3) is 4.03. The average molecular weight is 474 g/mol. The second-order valence-corrected chi connectivity index (χ2v) is 9.19. The van der Waals surface area contributed by atoms with E-state index in [-0.39, 0.29) is 5.91 Å². The molecule has 34 heavy (non-hydrogen) atoms. The number of ether oxygens (including phenoxy) is 1. The molecule has 5 rings (SSSR count). The molecule has 0 bridgehead atoms. The number of nitrogens with one attached hydrogen (secondary N) is 1. The Morgan fingerprint density at radius 1 is 1.12 bits per heavy atom. The monoisotopic (exact) mass is 473 g/mol. The van der Waals surface area contributed by atoms with Crippen molar-refractivity contribution in [3.05, 3.63) is 76.2 Å². The van der Waals surface area contributed by atoms with Crippen LogP contribution in [-0.2, 0) is 11.3 Å². The van der Waals surface area contributed by atoms with Crippen LogP contribution in [0.3, 0.4) is 0 Å². The molecule has 1 aliphatic rings. The molecule has 1 N–H and O–H groups in total. The zero-order valence-corrected chi connectivity index (χ0v) is 20.1. The molecule has 4 aromatic rings. The Kier molecular flexibility index (Phi) is 5.58. The maximum atomic E-state index is 11.4. The first kappa shape index (κ1) is 21.8. The number of hydrazone groups is 1. The molecule has 1 aromatic carbocycles. The Hall–Kier alpha value is -4.05. The summed E-state index contributed by atoms with van der Waals surface area (Å²) >= 11 is 1.68. The number of aromatic nitrogens is 4. The van der Waals surface area contributed by atoms with E-state index in [0.717, 1.165) is 43.8 Å². The van der Waals surface area contributed by atoms with Crippen LogP contribution in [-0.4, -0.2) is 38.5 Å². The number of carbonyl (C=O) groups is 1. The number of nitrogens with zero attached hydrogens (tertiary/aromatic N) is 6. The standard InChI is InChI=1S/C24H23N7O2S/c1-14-9-21-22(18-5-7-19(8-6-18)26-16(3)32)29-30(13-17-10-20(33-4)12-25-11-17)24-28-27-15(2)31(24)23(21)34-14/h5-12H,13H2,1-4H3,(H,26,32). The zero-order chi connectivity index (χ0) is 23.8. The third-order valence-electron chi connectivity index (χ3n) is 5.37. The molecule has 0 aliphatic carbocycles. The molecular weight excluding hydrogens is 450 g/mol. The van der Waals surface area contributed by atoms with Crippen molar-refractivity contribution in [3.63, 3.8) is 0 Å². The van der Waals surface area contributed by atoms with Crippen LogP contribution in [0.2, 0.25) is 0 Å². The average Bonchev–Trinajstić information content (AvgIpc) is 3.35. The number of carbonyl (C=O) groups excluding carboxylic acids is 1. The molecular formula is C24H23N7O2S. The summed E-state index contributed by atoms with van der Waals surface area (Å²) < 4.78 is 7.39. The van der Waals surface area contributed by atoms with Gasteiger partial charge in [0.05, 0.1) is 19.9 Å². The van der Waals surface area contributed by atoms with E-state index in [1.165, 1.54) is 6.92 Å². The molecule has 3 aromatic heterocycles. The summed E-state index contributed by atoms with van der Waals surface area (Å²) in [7, 11) is 1.62. The number of amides is 1. The molecule has 0 saturated heterocycles. The Balaban J connectivity index is 1.64. The lowest BCUT2D eigenvalue weighted by molar-refractivity contribution is -0.114. The Bertz CT molecular complexity index is 1410. The van der Waals surface area contributed by atoms with Crippen molar-refractivity contribution in [2.75, 3.05) is 17.4 Å². The minimum absolute atomic E-state index is 0.109. The Labute approximate surface area is 200 Å². The van der Waals surface area contributed by atoms with Crippen molar-refractivity contribution < 1.29 is 9.53 Å². The number of hydrogen-bond acceptors (Lipinski definition) is 8. The summed E-state index contributed by atoms with van der Waals surface area (Å²) in [4.78, 5) is 16.9. The maximum Gasteiger partial charge on any atom is 0.253 e. The number of benzene rings is 1. The van der Waals surface area contributed by atoms with E-state index in [1.807, 2.05) is 46.8 Å². The van der Waals surface area contributed by atoms with Crippen LogP contribution < -0.4 is 15.1 Å². The summed E-state index contributed by atoms with van der Waals surface area (Å²) in [6.45, 7) is 5.94. The van der Waals surface area contributed by atoms with Gasteiger partial charge in [0, 0.05) is 34.8 Å². The predicted molar refractivity (Wildman–Crippen MR) is 132 cm³/mol. The smallest absolute Gasteiger partial charge is 0.253 e. The molecule has 0 unspecified atom stereocenters. The number of aryl methyl sites for hydroxylation is 2. The summed E-state index contributed by atoms with van der Waals surface area (Å²) in [5.41, 5.74) is 4.41. The minimum atomic E-state index is -0.109. The highest BCUT2D eigenvalue weighted by Crippen LogP contribution is 2.36. The lowest BCUT2D eigenvalue weighted by Gasteiger charge is -2.18. The van der Waals surface area contributed by atoms with Crippen LogP contribution in [0.25, 0.3) is 5.00 Å². The molecule has 0 fully saturated rings. The largest absolute Gasteiger partial charge is 0.495 e. The van der Waals surface area contributed by atoms with Crippen molar-refractivity contribution >= 4 is 34.6 Å². The normalized spacial score (nSPS) is 12.5. The topological polar surface area (TPSA) is 97.5 Å². The first-order valence-corrected chi connectivity index (χ1v) is 11.5. The van der Waals surface area contributed by atoms with Gasteiger partial charge in [-0.05, 0) is 43.7 Å². The van der Waals surface area contributed by atoms with Crippen molar-refractivity contribution in [1.29, 1.82) is 0 Å². The van der Waals surface area contributed by atoms with E-state index >= 15 is 0 Å². The number of anilines is 2. The quantitative estimate of drug-likeness (QED) is 0.469. The van der Waals surface area contributed by atoms with Gasteiger partial charge in [-0.2, -0.15) is 5.10 Å². The summed E-state index contributed by atoms with van der Waals surface area (Å²) in [6.07, 6.45) is 3.46. The van der Waals surface area contributed by atoms with Crippen molar-refractivity contribution in [1.82, 2.24) is 19.7 Å². The molecule has 1 aliphatic heterocycles. The van der Waals surface area contributed by atoms with Crippen molar-refractivity contribution in [3.8, 4) is 10.8 Å². The molecule has 0 saturated carbocycles. The Morgan fingerprint density at radius 2 is 1.91 bits per heavy atom. The third-order valence-corrected chi connectivity index (χ3v) is 6.41. The van der Waals surface area contributed by atoms with Gasteiger partial charge in [-0.1, -0.05) is 12.1 Å². The zero-order valence-electron chi connectivity index (χ0n) is 19.2. The number of pyridine rings is 1. The maximum absolute atomic E-state index is 11.4. The van der Waals surface area contributed by atoms with Gasteiger partial charge < -0.3 is 10.1 Å².